The molecule has 280 valence electrons. The quantitative estimate of drug-likeness (QED) is 0.0760. The zero-order chi connectivity index (χ0) is 36.0. The number of hydrogen-bond donors (Lipinski definition) is 0. The van der Waals surface area contributed by atoms with E-state index in [4.69, 9.17) is 28.1 Å². The lowest BCUT2D eigenvalue weighted by molar-refractivity contribution is -0.307. The van der Waals surface area contributed by atoms with Crippen LogP contribution in [0.25, 0.3) is 0 Å². The van der Waals surface area contributed by atoms with E-state index < -0.39 is 60.6 Å². The first-order chi connectivity index (χ1) is 23.8. The molecule has 2 aromatic rings. The first-order valence-corrected chi connectivity index (χ1v) is 21.6. The fourth-order valence-corrected chi connectivity index (χ4v) is 10.6. The standard InChI is InChI=1S/C36H51F3O9SSi/c1-5-50(6-2,7-3)48-32-21-29-28(46-33(32)25-44-49(40,41)36(37,38)39)20-31-30(45-29)22-34(43-24-27-16-12-9-13-17-27)35(4,47-31)18-19-42-23-26-14-10-8-11-15-26/h8-17,28-34H,5-7,18-25H2,1-4H3/t28-,29+,30-,31+,32-,33+,34+,35-/m1/s1. The summed E-state index contributed by atoms with van der Waals surface area (Å²) in [4.78, 5) is 0. The van der Waals surface area contributed by atoms with Gasteiger partial charge in [-0.05, 0) is 36.2 Å². The van der Waals surface area contributed by atoms with Crippen molar-refractivity contribution in [3.05, 3.63) is 71.8 Å². The fraction of sp³-hybridized carbons (Fsp3) is 0.667. The Morgan fingerprint density at radius 1 is 0.820 bits per heavy atom. The number of benzene rings is 2. The van der Waals surface area contributed by atoms with Gasteiger partial charge in [0.2, 0.25) is 0 Å². The van der Waals surface area contributed by atoms with Crippen LogP contribution in [-0.2, 0) is 55.6 Å². The summed E-state index contributed by atoms with van der Waals surface area (Å²) >= 11 is 0. The Hall–Kier alpha value is -1.88. The molecule has 3 aliphatic rings. The van der Waals surface area contributed by atoms with E-state index in [1.807, 2.05) is 88.4 Å². The van der Waals surface area contributed by atoms with Gasteiger partial charge in [-0.2, -0.15) is 21.6 Å². The number of halogens is 3. The summed E-state index contributed by atoms with van der Waals surface area (Å²) < 4.78 is 107. The lowest BCUT2D eigenvalue weighted by atomic mass is 9.81. The van der Waals surface area contributed by atoms with Crippen LogP contribution >= 0.6 is 0 Å². The highest BCUT2D eigenvalue weighted by Crippen LogP contribution is 2.44. The molecule has 0 amide bonds. The van der Waals surface area contributed by atoms with E-state index in [0.29, 0.717) is 45.5 Å². The Kier molecular flexibility index (Phi) is 13.3. The molecule has 3 saturated heterocycles. The average Bonchev–Trinajstić information content (AvgIpc) is 3.10. The van der Waals surface area contributed by atoms with Gasteiger partial charge in [-0.3, -0.25) is 4.18 Å². The second-order valence-corrected chi connectivity index (χ2v) is 20.1. The van der Waals surface area contributed by atoms with E-state index in [2.05, 4.69) is 4.18 Å². The molecule has 50 heavy (non-hydrogen) atoms. The van der Waals surface area contributed by atoms with Gasteiger partial charge in [-0.15, -0.1) is 0 Å². The van der Waals surface area contributed by atoms with Gasteiger partial charge in [0.1, 0.15) is 6.10 Å². The fourth-order valence-electron chi connectivity index (χ4n) is 7.28. The Bertz CT molecular complexity index is 1440. The zero-order valence-electron chi connectivity index (χ0n) is 29.3. The number of hydrogen-bond acceptors (Lipinski definition) is 9. The number of fused-ring (bicyclic) bond motifs is 2. The van der Waals surface area contributed by atoms with Crippen LogP contribution in [0.4, 0.5) is 13.2 Å². The van der Waals surface area contributed by atoms with Crippen LogP contribution in [0.5, 0.6) is 0 Å². The molecule has 3 fully saturated rings. The Morgan fingerprint density at radius 3 is 2.00 bits per heavy atom. The van der Waals surface area contributed by atoms with Crippen molar-refractivity contribution in [2.75, 3.05) is 13.2 Å². The van der Waals surface area contributed by atoms with Gasteiger partial charge in [-0.25, -0.2) is 0 Å². The van der Waals surface area contributed by atoms with Crippen LogP contribution < -0.4 is 0 Å². The summed E-state index contributed by atoms with van der Waals surface area (Å²) in [6.45, 7) is 8.65. The van der Waals surface area contributed by atoms with E-state index in [-0.39, 0.29) is 18.3 Å². The summed E-state index contributed by atoms with van der Waals surface area (Å²) in [7, 11) is -8.09. The average molecular weight is 745 g/mol. The highest BCUT2D eigenvalue weighted by atomic mass is 32.2. The minimum Gasteiger partial charge on any atom is -0.411 e. The van der Waals surface area contributed by atoms with E-state index in [0.717, 1.165) is 29.3 Å². The first-order valence-electron chi connectivity index (χ1n) is 17.7. The third kappa shape index (κ3) is 9.56. The van der Waals surface area contributed by atoms with Gasteiger partial charge in [0.05, 0.1) is 62.0 Å². The molecule has 0 aromatic heterocycles. The van der Waals surface area contributed by atoms with Crippen molar-refractivity contribution in [3.63, 3.8) is 0 Å². The molecule has 0 radical (unpaired) electrons. The summed E-state index contributed by atoms with van der Waals surface area (Å²) in [6.07, 6.45) is -1.86. The summed E-state index contributed by atoms with van der Waals surface area (Å²) in [5.41, 5.74) is -4.17. The second-order valence-electron chi connectivity index (χ2n) is 13.8. The SMILES string of the molecule is CC[Si](CC)(CC)O[C@@H]1C[C@@H]2O[C@@H]3C[C@H](OCc4ccccc4)[C@@](C)(CCOCc4ccccc4)O[C@H]3C[C@H]2O[C@H]1COS(=O)(=O)C(F)(F)F. The van der Waals surface area contributed by atoms with E-state index >= 15 is 0 Å². The molecule has 3 heterocycles. The molecule has 2 aromatic carbocycles. The molecule has 0 unspecified atom stereocenters. The molecule has 14 heteroatoms. The maximum Gasteiger partial charge on any atom is 0.523 e. The van der Waals surface area contributed by atoms with Crippen molar-refractivity contribution < 1.29 is 53.9 Å². The predicted octanol–water partition coefficient (Wildman–Crippen LogP) is 7.30. The molecule has 0 bridgehead atoms. The van der Waals surface area contributed by atoms with Crippen molar-refractivity contribution in [2.45, 2.75) is 139 Å². The molecule has 8 atom stereocenters. The smallest absolute Gasteiger partial charge is 0.411 e. The monoisotopic (exact) mass is 744 g/mol. The molecular weight excluding hydrogens is 694 g/mol. The zero-order valence-corrected chi connectivity index (χ0v) is 31.1. The van der Waals surface area contributed by atoms with E-state index in [1.54, 1.807) is 0 Å². The van der Waals surface area contributed by atoms with Crippen LogP contribution in [0.15, 0.2) is 60.7 Å². The van der Waals surface area contributed by atoms with Crippen molar-refractivity contribution in [3.8, 4) is 0 Å². The number of ether oxygens (including phenoxy) is 5. The molecule has 0 aliphatic carbocycles. The number of alkyl halides is 3. The molecular formula is C36H51F3O9SSi. The molecule has 3 aliphatic heterocycles. The van der Waals surface area contributed by atoms with Gasteiger partial charge in [0, 0.05) is 32.3 Å². The molecule has 0 saturated carbocycles. The Balaban J connectivity index is 1.31. The van der Waals surface area contributed by atoms with Gasteiger partial charge in [-0.1, -0.05) is 81.4 Å². The maximum atomic E-state index is 13.2. The third-order valence-corrected chi connectivity index (χ3v) is 16.3. The lowest BCUT2D eigenvalue weighted by Gasteiger charge is -2.54. The molecule has 5 rings (SSSR count). The highest BCUT2D eigenvalue weighted by Gasteiger charge is 2.55. The van der Waals surface area contributed by atoms with Crippen LogP contribution in [0.3, 0.4) is 0 Å². The topological polar surface area (TPSA) is 98.8 Å². The third-order valence-electron chi connectivity index (χ3n) is 10.6. The van der Waals surface area contributed by atoms with E-state index in [1.165, 1.54) is 0 Å². The molecule has 9 nitrogen and oxygen atoms in total. The van der Waals surface area contributed by atoms with Gasteiger partial charge >= 0.3 is 15.6 Å². The summed E-state index contributed by atoms with van der Waals surface area (Å²) in [5, 5.41) is 0. The van der Waals surface area contributed by atoms with E-state index in [9.17, 15) is 21.6 Å². The molecule has 0 N–H and O–H groups in total. The van der Waals surface area contributed by atoms with Crippen LogP contribution in [0.2, 0.25) is 18.1 Å². The van der Waals surface area contributed by atoms with Gasteiger partial charge in [0.25, 0.3) is 0 Å². The molecule has 0 spiro atoms. The van der Waals surface area contributed by atoms with Gasteiger partial charge in [0.15, 0.2) is 8.32 Å². The van der Waals surface area contributed by atoms with Crippen molar-refractivity contribution in [1.82, 2.24) is 0 Å². The van der Waals surface area contributed by atoms with Gasteiger partial charge < -0.3 is 28.1 Å². The highest BCUT2D eigenvalue weighted by molar-refractivity contribution is 7.87. The summed E-state index contributed by atoms with van der Waals surface area (Å²) in [5.74, 6) is 0. The van der Waals surface area contributed by atoms with Crippen LogP contribution in [0.1, 0.15) is 64.5 Å². The first kappa shape index (κ1) is 39.3. The van der Waals surface area contributed by atoms with Crippen molar-refractivity contribution in [2.24, 2.45) is 0 Å². The van der Waals surface area contributed by atoms with Crippen molar-refractivity contribution >= 4 is 18.4 Å². The minimum atomic E-state index is -5.81. The number of rotatable bonds is 16. The lowest BCUT2D eigenvalue weighted by Crippen LogP contribution is -2.64. The Morgan fingerprint density at radius 2 is 1.40 bits per heavy atom. The summed E-state index contributed by atoms with van der Waals surface area (Å²) in [6, 6.07) is 22.2. The predicted molar refractivity (Wildman–Crippen MR) is 183 cm³/mol. The largest absolute Gasteiger partial charge is 0.523 e. The van der Waals surface area contributed by atoms with Crippen LogP contribution in [0, 0.1) is 0 Å². The van der Waals surface area contributed by atoms with Crippen molar-refractivity contribution in [1.29, 1.82) is 0 Å². The normalized spacial score (nSPS) is 30.4. The minimum absolute atomic E-state index is 0.313. The van der Waals surface area contributed by atoms with Crippen LogP contribution in [-0.4, -0.2) is 83.8 Å². The Labute approximate surface area is 295 Å². The maximum absolute atomic E-state index is 13.2. The second kappa shape index (κ2) is 16.8.